The van der Waals surface area contributed by atoms with Crippen molar-refractivity contribution in [1.82, 2.24) is 0 Å². The highest BCUT2D eigenvalue weighted by atomic mass is 35.5. The van der Waals surface area contributed by atoms with E-state index in [0.29, 0.717) is 0 Å². The number of benzene rings is 5. The van der Waals surface area contributed by atoms with Gasteiger partial charge in [0.2, 0.25) is 0 Å². The molecule has 0 saturated heterocycles. The van der Waals surface area contributed by atoms with Gasteiger partial charge in [0.25, 0.3) is 0 Å². The van der Waals surface area contributed by atoms with Crippen LogP contribution in [0.2, 0.25) is 0 Å². The molecule has 1 atom stereocenters. The minimum absolute atomic E-state index is 0. The minimum Gasteiger partial charge on any atom is -0.147 e. The lowest BCUT2D eigenvalue weighted by Crippen LogP contribution is -1.82. The van der Waals surface area contributed by atoms with Gasteiger partial charge in [-0.2, -0.15) is 0 Å². The van der Waals surface area contributed by atoms with Gasteiger partial charge in [-0.3, -0.25) is 0 Å². The van der Waals surface area contributed by atoms with Crippen molar-refractivity contribution in [3.63, 3.8) is 0 Å². The predicted octanol–water partition coefficient (Wildman–Crippen LogP) is 8.67. The molecule has 0 bridgehead atoms. The summed E-state index contributed by atoms with van der Waals surface area (Å²) in [4.78, 5) is 0. The van der Waals surface area contributed by atoms with E-state index in [0.717, 1.165) is 8.58 Å². The lowest BCUT2D eigenvalue weighted by atomic mass is 9.95. The Bertz CT molecular complexity index is 1020. The van der Waals surface area contributed by atoms with Gasteiger partial charge in [0.05, 0.1) is 0 Å². The monoisotopic (exact) mass is 418 g/mol. The largest absolute Gasteiger partial charge is 0.147 e. The summed E-state index contributed by atoms with van der Waals surface area (Å²) in [5.41, 5.74) is 1.49. The molecule has 0 amide bonds. The smallest absolute Gasteiger partial charge is 0.00268 e. The zero-order valence-electron chi connectivity index (χ0n) is 16.9. The molecule has 0 N–H and O–H groups in total. The SMILES string of the molecule is CCCCPCc1ccccc1.Cl.c1cc2ccc3cccc4ccc(c1)c2c34. The van der Waals surface area contributed by atoms with Crippen LogP contribution in [0.5, 0.6) is 0 Å². The summed E-state index contributed by atoms with van der Waals surface area (Å²) in [6.45, 7) is 2.26. The highest BCUT2D eigenvalue weighted by Gasteiger charge is 2.05. The molecular weight excluding hydrogens is 391 g/mol. The molecule has 2 heteroatoms. The van der Waals surface area contributed by atoms with E-state index in [1.807, 2.05) is 0 Å². The van der Waals surface area contributed by atoms with E-state index in [1.54, 1.807) is 0 Å². The third-order valence-corrected chi connectivity index (χ3v) is 6.64. The maximum Gasteiger partial charge on any atom is -0.00268 e. The van der Waals surface area contributed by atoms with Gasteiger partial charge in [-0.1, -0.05) is 104 Å². The number of halogens is 1. The number of unbranched alkanes of at least 4 members (excludes halogenated alkanes) is 1. The topological polar surface area (TPSA) is 0 Å². The van der Waals surface area contributed by atoms with Gasteiger partial charge in [-0.15, -0.1) is 21.0 Å². The average molecular weight is 419 g/mol. The zero-order chi connectivity index (χ0) is 19.2. The Balaban J connectivity index is 0.000000168. The standard InChI is InChI=1S/C16H10.C11H17P.ClH/c1-3-11-7-9-13-5-2-6-14-10-8-12(4-1)15(11)16(13)14;1-2-3-9-12-10-11-7-5-4-6-8-11;/h1-10H;4-8,12H,2-3,9-10H2,1H3;1H. The molecule has 0 nitrogen and oxygen atoms in total. The summed E-state index contributed by atoms with van der Waals surface area (Å²) in [5.74, 6) is 0. The third kappa shape index (κ3) is 5.08. The quantitative estimate of drug-likeness (QED) is 0.152. The molecule has 0 aliphatic rings. The molecule has 5 rings (SSSR count). The van der Waals surface area contributed by atoms with Crippen molar-refractivity contribution < 1.29 is 0 Å². The van der Waals surface area contributed by atoms with E-state index in [2.05, 4.69) is 97.9 Å². The summed E-state index contributed by atoms with van der Waals surface area (Å²) < 4.78 is 0. The Morgan fingerprint density at radius 1 is 0.586 bits per heavy atom. The van der Waals surface area contributed by atoms with Crippen LogP contribution < -0.4 is 0 Å². The van der Waals surface area contributed by atoms with Crippen LogP contribution in [0.4, 0.5) is 0 Å². The summed E-state index contributed by atoms with van der Waals surface area (Å²) in [6, 6.07) is 32.6. The summed E-state index contributed by atoms with van der Waals surface area (Å²) in [7, 11) is 1.12. The molecule has 0 saturated carbocycles. The van der Waals surface area contributed by atoms with Crippen molar-refractivity contribution in [3.05, 3.63) is 96.6 Å². The van der Waals surface area contributed by atoms with E-state index >= 15 is 0 Å². The second-order valence-electron chi connectivity index (χ2n) is 7.31. The van der Waals surface area contributed by atoms with Crippen LogP contribution in [0.1, 0.15) is 25.3 Å². The van der Waals surface area contributed by atoms with Crippen molar-refractivity contribution >= 4 is 53.3 Å². The van der Waals surface area contributed by atoms with Crippen molar-refractivity contribution in [2.75, 3.05) is 6.16 Å². The van der Waals surface area contributed by atoms with E-state index < -0.39 is 0 Å². The van der Waals surface area contributed by atoms with Crippen LogP contribution in [0, 0.1) is 0 Å². The third-order valence-electron chi connectivity index (χ3n) is 5.27. The lowest BCUT2D eigenvalue weighted by Gasteiger charge is -2.09. The molecule has 148 valence electrons. The van der Waals surface area contributed by atoms with Crippen molar-refractivity contribution in [3.8, 4) is 0 Å². The minimum atomic E-state index is 0. The van der Waals surface area contributed by atoms with Gasteiger partial charge < -0.3 is 0 Å². The zero-order valence-corrected chi connectivity index (χ0v) is 18.7. The number of hydrogen-bond acceptors (Lipinski definition) is 0. The average Bonchev–Trinajstić information content (AvgIpc) is 2.76. The molecule has 0 aromatic heterocycles. The Morgan fingerprint density at radius 2 is 1.07 bits per heavy atom. The van der Waals surface area contributed by atoms with Crippen molar-refractivity contribution in [1.29, 1.82) is 0 Å². The van der Waals surface area contributed by atoms with Crippen LogP contribution in [0.15, 0.2) is 91.0 Å². The normalized spacial score (nSPS) is 11.1. The fraction of sp³-hybridized carbons (Fsp3) is 0.185. The maximum atomic E-state index is 2.26. The fourth-order valence-electron chi connectivity index (χ4n) is 3.80. The van der Waals surface area contributed by atoms with E-state index in [1.165, 1.54) is 63.0 Å². The maximum absolute atomic E-state index is 2.26. The molecule has 0 aliphatic heterocycles. The molecule has 0 radical (unpaired) electrons. The molecule has 1 unspecified atom stereocenters. The van der Waals surface area contributed by atoms with E-state index in [4.69, 9.17) is 0 Å². The molecule has 0 heterocycles. The Morgan fingerprint density at radius 3 is 1.52 bits per heavy atom. The van der Waals surface area contributed by atoms with Crippen molar-refractivity contribution in [2.45, 2.75) is 25.9 Å². The van der Waals surface area contributed by atoms with Gasteiger partial charge in [0.1, 0.15) is 0 Å². The summed E-state index contributed by atoms with van der Waals surface area (Å²) in [6.07, 6.45) is 5.42. The van der Waals surface area contributed by atoms with E-state index in [-0.39, 0.29) is 12.4 Å². The number of hydrogen-bond donors (Lipinski definition) is 0. The first kappa shape index (κ1) is 21.6. The Kier molecular flexibility index (Phi) is 7.87. The second kappa shape index (κ2) is 10.6. The van der Waals surface area contributed by atoms with Crippen LogP contribution in [0.3, 0.4) is 0 Å². The first-order valence-electron chi connectivity index (χ1n) is 10.2. The molecule has 0 aliphatic carbocycles. The second-order valence-corrected chi connectivity index (χ2v) is 8.66. The summed E-state index contributed by atoms with van der Waals surface area (Å²) in [5, 5.41) is 8.14. The first-order valence-corrected chi connectivity index (χ1v) is 11.7. The van der Waals surface area contributed by atoms with Gasteiger partial charge in [0, 0.05) is 0 Å². The van der Waals surface area contributed by atoms with Crippen LogP contribution in [-0.2, 0) is 6.16 Å². The van der Waals surface area contributed by atoms with Crippen LogP contribution >= 0.6 is 21.0 Å². The predicted molar refractivity (Wildman–Crippen MR) is 136 cm³/mol. The summed E-state index contributed by atoms with van der Waals surface area (Å²) >= 11 is 0. The van der Waals surface area contributed by atoms with Crippen molar-refractivity contribution in [2.24, 2.45) is 0 Å². The van der Waals surface area contributed by atoms with Crippen LogP contribution in [-0.4, -0.2) is 6.16 Å². The van der Waals surface area contributed by atoms with Gasteiger partial charge in [-0.25, -0.2) is 0 Å². The first-order chi connectivity index (χ1) is 13.9. The Labute approximate surface area is 181 Å². The van der Waals surface area contributed by atoms with Gasteiger partial charge in [0.15, 0.2) is 0 Å². The fourth-order valence-corrected chi connectivity index (χ4v) is 5.10. The molecule has 29 heavy (non-hydrogen) atoms. The van der Waals surface area contributed by atoms with Gasteiger partial charge in [-0.05, 0) is 56.6 Å². The lowest BCUT2D eigenvalue weighted by molar-refractivity contribution is 0.893. The Hall–Kier alpha value is -2.14. The molecule has 5 aromatic rings. The van der Waals surface area contributed by atoms with Crippen LogP contribution in [0.25, 0.3) is 32.3 Å². The van der Waals surface area contributed by atoms with E-state index in [9.17, 15) is 0 Å². The number of rotatable bonds is 5. The van der Waals surface area contributed by atoms with Gasteiger partial charge >= 0.3 is 0 Å². The molecular formula is C27H28ClP. The highest BCUT2D eigenvalue weighted by Crippen LogP contribution is 2.33. The highest BCUT2D eigenvalue weighted by molar-refractivity contribution is 7.37. The molecule has 0 fully saturated rings. The molecule has 5 aromatic carbocycles. The molecule has 0 spiro atoms.